The minimum Gasteiger partial charge on any atom is -0.483 e. The number of nitrogens with one attached hydrogen (secondary N) is 1. The van der Waals surface area contributed by atoms with Crippen LogP contribution in [-0.2, 0) is 16.1 Å². The van der Waals surface area contributed by atoms with E-state index in [0.717, 1.165) is 32.2 Å². The minimum absolute atomic E-state index is 0.0845. The molecule has 0 radical (unpaired) electrons. The molecule has 0 saturated heterocycles. The summed E-state index contributed by atoms with van der Waals surface area (Å²) in [6.45, 7) is 10.3. The average Bonchev–Trinajstić information content (AvgIpc) is 3.50. The molecule has 0 aliphatic heterocycles. The Morgan fingerprint density at radius 2 is 1.80 bits per heavy atom. The van der Waals surface area contributed by atoms with Crippen molar-refractivity contribution in [2.45, 2.75) is 52.4 Å². The molecule has 0 fully saturated rings. The molecule has 210 valence electrons. The highest BCUT2D eigenvalue weighted by Gasteiger charge is 2.26. The summed E-state index contributed by atoms with van der Waals surface area (Å²) in [5, 5.41) is 13.4. The van der Waals surface area contributed by atoms with Crippen molar-refractivity contribution in [1.29, 1.82) is 0 Å². The lowest BCUT2D eigenvalue weighted by Crippen LogP contribution is -2.17. The van der Waals surface area contributed by atoms with Gasteiger partial charge < -0.3 is 19.4 Å². The summed E-state index contributed by atoms with van der Waals surface area (Å²) < 4.78 is 13.1. The highest BCUT2D eigenvalue weighted by molar-refractivity contribution is 7.99. The number of esters is 1. The second-order valence-electron chi connectivity index (χ2n) is 9.15. The fraction of sp³-hybridized carbons (Fsp3) is 0.310. The summed E-state index contributed by atoms with van der Waals surface area (Å²) >= 11 is 8.91. The number of ether oxygens (including phenoxy) is 2. The molecule has 2 heterocycles. The Hall–Kier alpha value is -3.34. The number of thioether (sulfide) groups is 1. The van der Waals surface area contributed by atoms with Gasteiger partial charge in [-0.1, -0.05) is 53.7 Å². The summed E-state index contributed by atoms with van der Waals surface area (Å²) in [7, 11) is 1.33. The number of amides is 1. The van der Waals surface area contributed by atoms with Crippen LogP contribution in [0.25, 0.3) is 11.1 Å². The van der Waals surface area contributed by atoms with Gasteiger partial charge >= 0.3 is 5.97 Å². The van der Waals surface area contributed by atoms with Crippen molar-refractivity contribution in [3.05, 3.63) is 74.9 Å². The average molecular weight is 599 g/mol. The maximum Gasteiger partial charge on any atom is 0.341 e. The minimum atomic E-state index is -0.499. The van der Waals surface area contributed by atoms with Gasteiger partial charge in [0.15, 0.2) is 17.1 Å². The van der Waals surface area contributed by atoms with Crippen molar-refractivity contribution in [1.82, 2.24) is 14.8 Å². The number of anilines is 1. The van der Waals surface area contributed by atoms with Crippen molar-refractivity contribution < 1.29 is 19.1 Å². The van der Waals surface area contributed by atoms with E-state index < -0.39 is 5.97 Å². The van der Waals surface area contributed by atoms with E-state index >= 15 is 0 Å². The molecule has 0 aliphatic carbocycles. The smallest absolute Gasteiger partial charge is 0.341 e. The lowest BCUT2D eigenvalue weighted by atomic mass is 10.0. The zero-order chi connectivity index (χ0) is 29.0. The third-order valence-electron chi connectivity index (χ3n) is 6.27. The number of halogens is 1. The molecule has 1 unspecified atom stereocenters. The maximum absolute atomic E-state index is 13.0. The van der Waals surface area contributed by atoms with E-state index in [-0.39, 0.29) is 17.8 Å². The number of rotatable bonds is 10. The number of hydrogen-bond donors (Lipinski definition) is 1. The summed E-state index contributed by atoms with van der Waals surface area (Å²) in [5.74, 6) is 0.682. The largest absolute Gasteiger partial charge is 0.483 e. The number of carbonyl (C=O) groups is 2. The van der Waals surface area contributed by atoms with Gasteiger partial charge in [0.25, 0.3) is 0 Å². The summed E-state index contributed by atoms with van der Waals surface area (Å²) in [5.41, 5.74) is 3.88. The summed E-state index contributed by atoms with van der Waals surface area (Å²) in [6.07, 6.45) is -0.372. The number of hydrogen-bond acceptors (Lipinski definition) is 8. The number of aromatic nitrogens is 3. The molecule has 8 nitrogen and oxygen atoms in total. The Kier molecular flexibility index (Phi) is 9.55. The first-order valence-electron chi connectivity index (χ1n) is 12.7. The quantitative estimate of drug-likeness (QED) is 0.152. The van der Waals surface area contributed by atoms with Crippen molar-refractivity contribution >= 4 is 51.6 Å². The number of thiophene rings is 1. The molecule has 2 aromatic carbocycles. The summed E-state index contributed by atoms with van der Waals surface area (Å²) in [6, 6.07) is 13.4. The van der Waals surface area contributed by atoms with E-state index in [0.29, 0.717) is 33.8 Å². The number of nitrogens with zero attached hydrogens (tertiary/aromatic N) is 3. The Morgan fingerprint density at radius 1 is 1.12 bits per heavy atom. The Morgan fingerprint density at radius 3 is 2.42 bits per heavy atom. The molecule has 0 saturated carbocycles. The molecule has 11 heteroatoms. The molecular weight excluding hydrogens is 568 g/mol. The normalized spacial score (nSPS) is 11.8. The fourth-order valence-electron chi connectivity index (χ4n) is 4.41. The third kappa shape index (κ3) is 6.35. The topological polar surface area (TPSA) is 95.3 Å². The van der Waals surface area contributed by atoms with Crippen molar-refractivity contribution in [2.24, 2.45) is 0 Å². The monoisotopic (exact) mass is 598 g/mol. The molecule has 2 aromatic heterocycles. The molecule has 40 heavy (non-hydrogen) atoms. The van der Waals surface area contributed by atoms with E-state index in [4.69, 9.17) is 21.1 Å². The molecule has 0 spiro atoms. The lowest BCUT2D eigenvalue weighted by molar-refractivity contribution is -0.113. The van der Waals surface area contributed by atoms with E-state index in [2.05, 4.69) is 15.5 Å². The first-order chi connectivity index (χ1) is 19.1. The van der Waals surface area contributed by atoms with Crippen LogP contribution in [0, 0.1) is 20.8 Å². The number of aryl methyl sites for hydroxylation is 3. The van der Waals surface area contributed by atoms with Crippen molar-refractivity contribution in [3.63, 3.8) is 0 Å². The van der Waals surface area contributed by atoms with Gasteiger partial charge in [-0.05, 0) is 63.4 Å². The van der Waals surface area contributed by atoms with E-state index in [1.807, 2.05) is 81.7 Å². The highest BCUT2D eigenvalue weighted by atomic mass is 35.5. The molecule has 1 amide bonds. The van der Waals surface area contributed by atoms with Gasteiger partial charge in [-0.15, -0.1) is 21.5 Å². The zero-order valence-corrected chi connectivity index (χ0v) is 25.6. The van der Waals surface area contributed by atoms with Crippen LogP contribution in [0.3, 0.4) is 0 Å². The number of benzene rings is 2. The van der Waals surface area contributed by atoms with Gasteiger partial charge in [-0.25, -0.2) is 4.79 Å². The highest BCUT2D eigenvalue weighted by Crippen LogP contribution is 2.40. The van der Waals surface area contributed by atoms with Gasteiger partial charge in [0, 0.05) is 22.0 Å². The molecule has 0 bridgehead atoms. The van der Waals surface area contributed by atoms with Crippen LogP contribution in [0.2, 0.25) is 5.02 Å². The molecule has 1 N–H and O–H groups in total. The van der Waals surface area contributed by atoms with Gasteiger partial charge in [-0.2, -0.15) is 0 Å². The van der Waals surface area contributed by atoms with Crippen LogP contribution in [-0.4, -0.2) is 39.5 Å². The number of methoxy groups -OCH3 is 1. The zero-order valence-electron chi connectivity index (χ0n) is 23.2. The van der Waals surface area contributed by atoms with Crippen LogP contribution in [0.4, 0.5) is 5.00 Å². The van der Waals surface area contributed by atoms with Gasteiger partial charge in [0.2, 0.25) is 5.91 Å². The summed E-state index contributed by atoms with van der Waals surface area (Å²) in [4.78, 5) is 26.6. The van der Waals surface area contributed by atoms with Gasteiger partial charge in [-0.3, -0.25) is 4.79 Å². The predicted molar refractivity (Wildman–Crippen MR) is 161 cm³/mol. The first-order valence-corrected chi connectivity index (χ1v) is 14.9. The van der Waals surface area contributed by atoms with Crippen molar-refractivity contribution in [3.8, 4) is 16.9 Å². The van der Waals surface area contributed by atoms with Crippen LogP contribution in [0.15, 0.2) is 47.6 Å². The fourth-order valence-corrected chi connectivity index (χ4v) is 6.41. The predicted octanol–water partition coefficient (Wildman–Crippen LogP) is 7.26. The second kappa shape index (κ2) is 12.9. The van der Waals surface area contributed by atoms with Gasteiger partial charge in [0.1, 0.15) is 16.3 Å². The number of carbonyl (C=O) groups excluding carboxylic acids is 2. The molecule has 4 aromatic rings. The SMILES string of the molecule is CCn1c(SCC(=O)Nc2sc(C)c(-c3ccccc3)c2C(=O)OC)nnc1C(C)Oc1cc(C)c(Cl)c(C)c1. The first kappa shape index (κ1) is 29.6. The lowest BCUT2D eigenvalue weighted by Gasteiger charge is -2.17. The van der Waals surface area contributed by atoms with Gasteiger partial charge in [0.05, 0.1) is 12.9 Å². The Bertz CT molecular complexity index is 1510. The molecule has 1 atom stereocenters. The van der Waals surface area contributed by atoms with E-state index in [1.165, 1.54) is 30.2 Å². The Balaban J connectivity index is 1.48. The van der Waals surface area contributed by atoms with Crippen LogP contribution >= 0.6 is 34.7 Å². The Labute approximate surface area is 247 Å². The van der Waals surface area contributed by atoms with Crippen molar-refractivity contribution in [2.75, 3.05) is 18.2 Å². The second-order valence-corrected chi connectivity index (χ2v) is 11.7. The molecule has 0 aliphatic rings. The standard InChI is InChI=1S/C29H31ClN4O4S2/c1-7-34-26(18(4)38-21-13-16(2)25(30)17(3)14-21)32-33-29(34)39-15-22(35)31-27-24(28(36)37-6)23(19(5)40-27)20-11-9-8-10-12-20/h8-14,18H,7,15H2,1-6H3,(H,31,35). The van der Waals surface area contributed by atoms with Crippen LogP contribution in [0.5, 0.6) is 5.75 Å². The van der Waals surface area contributed by atoms with Crippen LogP contribution in [0.1, 0.15) is 52.1 Å². The molecular formula is C29H31ClN4O4S2. The maximum atomic E-state index is 13.0. The van der Waals surface area contributed by atoms with Crippen LogP contribution < -0.4 is 10.1 Å². The third-order valence-corrected chi connectivity index (χ3v) is 8.85. The molecule has 4 rings (SSSR count). The van der Waals surface area contributed by atoms with E-state index in [9.17, 15) is 9.59 Å². The van der Waals surface area contributed by atoms with E-state index in [1.54, 1.807) is 0 Å².